The molecule has 1 aromatic rings. The number of carbonyl (C=O) groups excluding carboxylic acids is 1. The van der Waals surface area contributed by atoms with Crippen molar-refractivity contribution in [3.63, 3.8) is 0 Å². The first-order valence-electron chi connectivity index (χ1n) is 5.31. The predicted molar refractivity (Wildman–Crippen MR) is 59.4 cm³/mol. The van der Waals surface area contributed by atoms with Crippen molar-refractivity contribution in [2.24, 2.45) is 5.73 Å². The third kappa shape index (κ3) is 2.33. The zero-order chi connectivity index (χ0) is 11.5. The average Bonchev–Trinajstić information content (AvgIpc) is 2.72. The highest BCUT2D eigenvalue weighted by Crippen LogP contribution is 2.34. The van der Waals surface area contributed by atoms with Crippen LogP contribution in [0.25, 0.3) is 0 Å². The van der Waals surface area contributed by atoms with Gasteiger partial charge in [-0.2, -0.15) is 0 Å². The Morgan fingerprint density at radius 2 is 2.19 bits per heavy atom. The normalized spacial score (nSPS) is 14.9. The SMILES string of the molecule is CC(=O)CCC(N)c1ccc2c(c1)OCO2. The number of hydrogen-bond acceptors (Lipinski definition) is 4. The van der Waals surface area contributed by atoms with Gasteiger partial charge in [-0.05, 0) is 31.0 Å². The number of rotatable bonds is 4. The lowest BCUT2D eigenvalue weighted by atomic mass is 10.0. The van der Waals surface area contributed by atoms with Crippen molar-refractivity contribution in [3.05, 3.63) is 23.8 Å². The molecule has 0 aliphatic carbocycles. The maximum Gasteiger partial charge on any atom is 0.231 e. The molecule has 0 saturated carbocycles. The van der Waals surface area contributed by atoms with Crippen LogP contribution >= 0.6 is 0 Å². The van der Waals surface area contributed by atoms with Crippen LogP contribution < -0.4 is 15.2 Å². The standard InChI is InChI=1S/C12H15NO3/c1-8(14)2-4-10(13)9-3-5-11-12(6-9)16-7-15-11/h3,5-6,10H,2,4,7,13H2,1H3. The molecule has 4 nitrogen and oxygen atoms in total. The molecule has 0 radical (unpaired) electrons. The van der Waals surface area contributed by atoms with Gasteiger partial charge in [-0.3, -0.25) is 0 Å². The van der Waals surface area contributed by atoms with E-state index in [4.69, 9.17) is 15.2 Å². The largest absolute Gasteiger partial charge is 0.454 e. The number of benzene rings is 1. The molecule has 1 unspecified atom stereocenters. The Kier molecular flexibility index (Phi) is 3.10. The number of Topliss-reactive ketones (excluding diaryl/α,β-unsaturated/α-hetero) is 1. The molecule has 0 aromatic heterocycles. The number of hydrogen-bond donors (Lipinski definition) is 1. The Balaban J connectivity index is 2.06. The molecule has 0 fully saturated rings. The van der Waals surface area contributed by atoms with Gasteiger partial charge in [-0.25, -0.2) is 0 Å². The van der Waals surface area contributed by atoms with Crippen molar-refractivity contribution in [3.8, 4) is 11.5 Å². The first-order valence-corrected chi connectivity index (χ1v) is 5.31. The third-order valence-corrected chi connectivity index (χ3v) is 2.63. The molecule has 0 amide bonds. The molecule has 0 bridgehead atoms. The summed E-state index contributed by atoms with van der Waals surface area (Å²) in [6.07, 6.45) is 1.17. The first-order chi connectivity index (χ1) is 7.66. The van der Waals surface area contributed by atoms with Gasteiger partial charge in [0.25, 0.3) is 0 Å². The molecule has 0 spiro atoms. The van der Waals surface area contributed by atoms with E-state index in [9.17, 15) is 4.79 Å². The number of fused-ring (bicyclic) bond motifs is 1. The molecular weight excluding hydrogens is 206 g/mol. The van der Waals surface area contributed by atoms with Gasteiger partial charge in [-0.1, -0.05) is 6.07 Å². The van der Waals surface area contributed by atoms with Crippen molar-refractivity contribution >= 4 is 5.78 Å². The Labute approximate surface area is 94.3 Å². The summed E-state index contributed by atoms with van der Waals surface area (Å²) in [6, 6.07) is 5.52. The molecule has 0 saturated heterocycles. The molecule has 1 heterocycles. The summed E-state index contributed by atoms with van der Waals surface area (Å²) in [7, 11) is 0. The quantitative estimate of drug-likeness (QED) is 0.841. The average molecular weight is 221 g/mol. The summed E-state index contributed by atoms with van der Waals surface area (Å²) in [5, 5.41) is 0. The summed E-state index contributed by atoms with van der Waals surface area (Å²) >= 11 is 0. The zero-order valence-corrected chi connectivity index (χ0v) is 9.23. The topological polar surface area (TPSA) is 61.6 Å². The lowest BCUT2D eigenvalue weighted by Crippen LogP contribution is -2.11. The van der Waals surface area contributed by atoms with Crippen LogP contribution in [0.15, 0.2) is 18.2 Å². The smallest absolute Gasteiger partial charge is 0.231 e. The Hall–Kier alpha value is -1.55. The Morgan fingerprint density at radius 1 is 1.44 bits per heavy atom. The van der Waals surface area contributed by atoms with E-state index in [0.29, 0.717) is 12.8 Å². The Morgan fingerprint density at radius 3 is 2.94 bits per heavy atom. The van der Waals surface area contributed by atoms with Crippen molar-refractivity contribution in [1.29, 1.82) is 0 Å². The fourth-order valence-electron chi connectivity index (χ4n) is 1.67. The molecule has 2 N–H and O–H groups in total. The van der Waals surface area contributed by atoms with E-state index < -0.39 is 0 Å². The van der Waals surface area contributed by atoms with Crippen molar-refractivity contribution in [2.45, 2.75) is 25.8 Å². The van der Waals surface area contributed by atoms with Gasteiger partial charge < -0.3 is 20.0 Å². The van der Waals surface area contributed by atoms with Crippen LogP contribution in [0.3, 0.4) is 0 Å². The highest BCUT2D eigenvalue weighted by Gasteiger charge is 2.15. The summed E-state index contributed by atoms with van der Waals surface area (Å²) in [6.45, 7) is 1.84. The Bertz CT molecular complexity index is 403. The second-order valence-corrected chi connectivity index (χ2v) is 3.96. The minimum Gasteiger partial charge on any atom is -0.454 e. The van der Waals surface area contributed by atoms with Gasteiger partial charge in [0.15, 0.2) is 11.5 Å². The third-order valence-electron chi connectivity index (χ3n) is 2.63. The van der Waals surface area contributed by atoms with Crippen molar-refractivity contribution < 1.29 is 14.3 Å². The van der Waals surface area contributed by atoms with Gasteiger partial charge >= 0.3 is 0 Å². The maximum absolute atomic E-state index is 10.9. The molecular formula is C12H15NO3. The van der Waals surface area contributed by atoms with Gasteiger partial charge in [0.05, 0.1) is 0 Å². The molecule has 4 heteroatoms. The highest BCUT2D eigenvalue weighted by molar-refractivity contribution is 5.75. The van der Waals surface area contributed by atoms with E-state index in [1.54, 1.807) is 6.92 Å². The minimum absolute atomic E-state index is 0.126. The maximum atomic E-state index is 10.9. The van der Waals surface area contributed by atoms with Crippen molar-refractivity contribution in [1.82, 2.24) is 0 Å². The first kappa shape index (κ1) is 11.0. The molecule has 1 aromatic carbocycles. The van der Waals surface area contributed by atoms with Gasteiger partial charge in [0, 0.05) is 12.5 Å². The summed E-state index contributed by atoms with van der Waals surface area (Å²) in [4.78, 5) is 10.9. The molecule has 1 aliphatic rings. The number of ketones is 1. The van der Waals surface area contributed by atoms with Crippen LogP contribution in [0.1, 0.15) is 31.4 Å². The monoisotopic (exact) mass is 221 g/mol. The van der Waals surface area contributed by atoms with Gasteiger partial charge in [-0.15, -0.1) is 0 Å². The van der Waals surface area contributed by atoms with Crippen LogP contribution in [-0.2, 0) is 4.79 Å². The van der Waals surface area contributed by atoms with Crippen LogP contribution in [0.5, 0.6) is 11.5 Å². The lowest BCUT2D eigenvalue weighted by molar-refractivity contribution is -0.117. The summed E-state index contributed by atoms with van der Waals surface area (Å²) in [5.41, 5.74) is 6.97. The van der Waals surface area contributed by atoms with E-state index in [2.05, 4.69) is 0 Å². The number of nitrogens with two attached hydrogens (primary N) is 1. The summed E-state index contributed by atoms with van der Waals surface area (Å²) < 4.78 is 10.5. The van der Waals surface area contributed by atoms with Crippen LogP contribution in [-0.4, -0.2) is 12.6 Å². The van der Waals surface area contributed by atoms with Crippen LogP contribution in [0.2, 0.25) is 0 Å². The fraction of sp³-hybridized carbons (Fsp3) is 0.417. The molecule has 1 atom stereocenters. The second kappa shape index (κ2) is 4.53. The summed E-state index contributed by atoms with van der Waals surface area (Å²) in [5.74, 6) is 1.65. The minimum atomic E-state index is -0.126. The lowest BCUT2D eigenvalue weighted by Gasteiger charge is -2.11. The van der Waals surface area contributed by atoms with E-state index in [1.165, 1.54) is 0 Å². The number of carbonyl (C=O) groups is 1. The molecule has 1 aliphatic heterocycles. The number of ether oxygens (including phenoxy) is 2. The molecule has 86 valence electrons. The second-order valence-electron chi connectivity index (χ2n) is 3.96. The van der Waals surface area contributed by atoms with Gasteiger partial charge in [0.1, 0.15) is 5.78 Å². The van der Waals surface area contributed by atoms with Crippen molar-refractivity contribution in [2.75, 3.05) is 6.79 Å². The molecule has 16 heavy (non-hydrogen) atoms. The zero-order valence-electron chi connectivity index (χ0n) is 9.23. The van der Waals surface area contributed by atoms with Crippen LogP contribution in [0, 0.1) is 0 Å². The van der Waals surface area contributed by atoms with E-state index in [0.717, 1.165) is 17.1 Å². The molecule has 2 rings (SSSR count). The van der Waals surface area contributed by atoms with E-state index in [1.807, 2.05) is 18.2 Å². The highest BCUT2D eigenvalue weighted by atomic mass is 16.7. The predicted octanol–water partition coefficient (Wildman–Crippen LogP) is 1.78. The van der Waals surface area contributed by atoms with Crippen LogP contribution in [0.4, 0.5) is 0 Å². The van der Waals surface area contributed by atoms with Gasteiger partial charge in [0.2, 0.25) is 6.79 Å². The van der Waals surface area contributed by atoms with E-state index in [-0.39, 0.29) is 18.6 Å². The van der Waals surface area contributed by atoms with E-state index >= 15 is 0 Å². The fourth-order valence-corrected chi connectivity index (χ4v) is 1.67.